The first-order valence-electron chi connectivity index (χ1n) is 7.54. The average Bonchev–Trinajstić information content (AvgIpc) is 2.83. The number of hydrogen-bond acceptors (Lipinski definition) is 5. The van der Waals surface area contributed by atoms with Crippen molar-refractivity contribution in [3.05, 3.63) is 23.9 Å². The van der Waals surface area contributed by atoms with E-state index in [-0.39, 0.29) is 24.1 Å². The molecule has 1 aromatic rings. The minimum Gasteiger partial charge on any atom is -0.459 e. The largest absolute Gasteiger partial charge is 0.459 e. The van der Waals surface area contributed by atoms with Crippen molar-refractivity contribution in [2.75, 3.05) is 18.5 Å². The van der Waals surface area contributed by atoms with Crippen molar-refractivity contribution >= 4 is 11.8 Å². The monoisotopic (exact) mass is 292 g/mol. The first-order chi connectivity index (χ1) is 9.99. The molecule has 0 spiro atoms. The first-order valence-corrected chi connectivity index (χ1v) is 7.54. The van der Waals surface area contributed by atoms with Gasteiger partial charge in [-0.1, -0.05) is 6.42 Å². The van der Waals surface area contributed by atoms with Crippen LogP contribution >= 0.6 is 0 Å². The Bertz CT molecular complexity index is 490. The lowest BCUT2D eigenvalue weighted by atomic mass is 10.1. The Labute approximate surface area is 125 Å². The third kappa shape index (κ3) is 3.94. The molecule has 5 nitrogen and oxygen atoms in total. The molecule has 0 amide bonds. The zero-order valence-electron chi connectivity index (χ0n) is 13.0. The minimum absolute atomic E-state index is 0.160. The third-order valence-corrected chi connectivity index (χ3v) is 3.84. The normalized spacial score (nSPS) is 21.6. The van der Waals surface area contributed by atoms with Gasteiger partial charge in [-0.15, -0.1) is 0 Å². The molecule has 1 aliphatic carbocycles. The van der Waals surface area contributed by atoms with E-state index in [2.05, 4.69) is 4.98 Å². The number of hydrogen-bond donors (Lipinski definition) is 1. The molecule has 2 atom stereocenters. The lowest BCUT2D eigenvalue weighted by Crippen LogP contribution is -2.31. The van der Waals surface area contributed by atoms with E-state index in [0.717, 1.165) is 19.3 Å². The molecule has 1 N–H and O–H groups in total. The molecule has 1 heterocycles. The van der Waals surface area contributed by atoms with Gasteiger partial charge in [-0.25, -0.2) is 9.78 Å². The summed E-state index contributed by atoms with van der Waals surface area (Å²) in [6.45, 7) is 4.35. The highest BCUT2D eigenvalue weighted by atomic mass is 16.5. The Morgan fingerprint density at radius 3 is 2.90 bits per heavy atom. The molecular weight excluding hydrogens is 268 g/mol. The summed E-state index contributed by atoms with van der Waals surface area (Å²) < 4.78 is 5.26. The van der Waals surface area contributed by atoms with Crippen LogP contribution in [-0.2, 0) is 4.74 Å². The van der Waals surface area contributed by atoms with E-state index in [1.165, 1.54) is 0 Å². The fraction of sp³-hybridized carbons (Fsp3) is 0.625. The number of anilines is 1. The zero-order chi connectivity index (χ0) is 15.4. The highest BCUT2D eigenvalue weighted by molar-refractivity contribution is 5.94. The Morgan fingerprint density at radius 1 is 1.52 bits per heavy atom. The van der Waals surface area contributed by atoms with Crippen molar-refractivity contribution in [2.45, 2.75) is 45.3 Å². The van der Waals surface area contributed by atoms with Crippen molar-refractivity contribution in [2.24, 2.45) is 5.92 Å². The van der Waals surface area contributed by atoms with Gasteiger partial charge in [0.05, 0.1) is 12.2 Å². The van der Waals surface area contributed by atoms with E-state index in [0.29, 0.717) is 17.9 Å². The van der Waals surface area contributed by atoms with Gasteiger partial charge >= 0.3 is 5.97 Å². The summed E-state index contributed by atoms with van der Waals surface area (Å²) in [6, 6.07) is 3.47. The number of carbonyl (C=O) groups excluding carboxylic acids is 1. The van der Waals surface area contributed by atoms with Crippen LogP contribution in [0.4, 0.5) is 5.82 Å². The predicted octanol–water partition coefficient (Wildman–Crippen LogP) is 2.24. The third-order valence-electron chi connectivity index (χ3n) is 3.84. The van der Waals surface area contributed by atoms with Gasteiger partial charge in [0.1, 0.15) is 11.4 Å². The summed E-state index contributed by atoms with van der Waals surface area (Å²) in [5, 5.41) is 9.94. The highest BCUT2D eigenvalue weighted by Crippen LogP contribution is 2.28. The fourth-order valence-corrected chi connectivity index (χ4v) is 2.81. The van der Waals surface area contributed by atoms with E-state index in [4.69, 9.17) is 4.74 Å². The van der Waals surface area contributed by atoms with E-state index in [1.54, 1.807) is 18.3 Å². The van der Waals surface area contributed by atoms with Gasteiger partial charge < -0.3 is 14.7 Å². The standard InChI is InChI=1S/C16H24N2O3/c1-11(2)21-16(20)13-7-5-9-17-15(13)18(3)10-12-6-4-8-14(12)19/h5,7,9,11-12,14,19H,4,6,8,10H2,1-3H3. The molecule has 2 unspecified atom stereocenters. The average molecular weight is 292 g/mol. The van der Waals surface area contributed by atoms with E-state index >= 15 is 0 Å². The van der Waals surface area contributed by atoms with Crippen molar-refractivity contribution in [1.29, 1.82) is 0 Å². The second-order valence-electron chi connectivity index (χ2n) is 5.97. The van der Waals surface area contributed by atoms with Gasteiger partial charge in [-0.3, -0.25) is 0 Å². The molecule has 1 aromatic heterocycles. The molecule has 0 aliphatic heterocycles. The summed E-state index contributed by atoms with van der Waals surface area (Å²) >= 11 is 0. The summed E-state index contributed by atoms with van der Waals surface area (Å²) in [4.78, 5) is 18.4. The second kappa shape index (κ2) is 6.89. The molecule has 1 saturated carbocycles. The van der Waals surface area contributed by atoms with Gasteiger partial charge in [0.15, 0.2) is 0 Å². The summed E-state index contributed by atoms with van der Waals surface area (Å²) in [5.41, 5.74) is 0.473. The molecule has 0 saturated heterocycles. The van der Waals surface area contributed by atoms with Gasteiger partial charge in [0.2, 0.25) is 0 Å². The van der Waals surface area contributed by atoms with Crippen LogP contribution in [0.3, 0.4) is 0 Å². The lowest BCUT2D eigenvalue weighted by Gasteiger charge is -2.25. The Balaban J connectivity index is 2.13. The maximum absolute atomic E-state index is 12.1. The Morgan fingerprint density at radius 2 is 2.29 bits per heavy atom. The molecule has 2 rings (SSSR count). The van der Waals surface area contributed by atoms with Crippen molar-refractivity contribution in [3.63, 3.8) is 0 Å². The van der Waals surface area contributed by atoms with Gasteiger partial charge in [-0.05, 0) is 38.8 Å². The highest BCUT2D eigenvalue weighted by Gasteiger charge is 2.27. The molecule has 0 radical (unpaired) electrons. The number of carbonyl (C=O) groups is 1. The predicted molar refractivity (Wildman–Crippen MR) is 81.4 cm³/mol. The SMILES string of the molecule is CC(C)OC(=O)c1cccnc1N(C)CC1CCCC1O. The fourth-order valence-electron chi connectivity index (χ4n) is 2.81. The van der Waals surface area contributed by atoms with E-state index in [1.807, 2.05) is 25.8 Å². The number of esters is 1. The topological polar surface area (TPSA) is 62.7 Å². The molecule has 0 aromatic carbocycles. The van der Waals surface area contributed by atoms with Crippen LogP contribution in [0.2, 0.25) is 0 Å². The number of rotatable bonds is 5. The molecule has 0 bridgehead atoms. The number of aromatic nitrogens is 1. The van der Waals surface area contributed by atoms with Crippen LogP contribution in [0.1, 0.15) is 43.5 Å². The Hall–Kier alpha value is -1.62. The van der Waals surface area contributed by atoms with Crippen molar-refractivity contribution < 1.29 is 14.6 Å². The smallest absolute Gasteiger partial charge is 0.342 e. The molecule has 1 fully saturated rings. The number of aliphatic hydroxyl groups is 1. The van der Waals surface area contributed by atoms with Crippen LogP contribution in [0.25, 0.3) is 0 Å². The summed E-state index contributed by atoms with van der Waals surface area (Å²) in [7, 11) is 1.90. The molecule has 1 aliphatic rings. The van der Waals surface area contributed by atoms with Gasteiger partial charge in [0.25, 0.3) is 0 Å². The summed E-state index contributed by atoms with van der Waals surface area (Å²) in [5.74, 6) is 0.500. The van der Waals surface area contributed by atoms with Gasteiger partial charge in [-0.2, -0.15) is 0 Å². The minimum atomic E-state index is -0.355. The second-order valence-corrected chi connectivity index (χ2v) is 5.97. The molecule has 5 heteroatoms. The van der Waals surface area contributed by atoms with Crippen molar-refractivity contribution in [1.82, 2.24) is 4.98 Å². The maximum atomic E-state index is 12.1. The van der Waals surface area contributed by atoms with Crippen LogP contribution in [0.5, 0.6) is 0 Å². The Kier molecular flexibility index (Phi) is 5.17. The number of nitrogens with zero attached hydrogens (tertiary/aromatic N) is 2. The molecular formula is C16H24N2O3. The van der Waals surface area contributed by atoms with Crippen LogP contribution in [0, 0.1) is 5.92 Å². The number of pyridine rings is 1. The van der Waals surface area contributed by atoms with E-state index in [9.17, 15) is 9.90 Å². The van der Waals surface area contributed by atoms with Crippen LogP contribution < -0.4 is 4.90 Å². The maximum Gasteiger partial charge on any atom is 0.342 e. The molecule has 116 valence electrons. The molecule has 21 heavy (non-hydrogen) atoms. The summed E-state index contributed by atoms with van der Waals surface area (Å²) in [6.07, 6.45) is 4.20. The lowest BCUT2D eigenvalue weighted by molar-refractivity contribution is 0.0378. The van der Waals surface area contributed by atoms with Crippen LogP contribution in [-0.4, -0.2) is 41.9 Å². The zero-order valence-corrected chi connectivity index (χ0v) is 13.0. The van der Waals surface area contributed by atoms with E-state index < -0.39 is 0 Å². The quantitative estimate of drug-likeness (QED) is 0.843. The van der Waals surface area contributed by atoms with Crippen LogP contribution in [0.15, 0.2) is 18.3 Å². The number of aliphatic hydroxyl groups excluding tert-OH is 1. The van der Waals surface area contributed by atoms with Crippen molar-refractivity contribution in [3.8, 4) is 0 Å². The van der Waals surface area contributed by atoms with Gasteiger partial charge in [0, 0.05) is 25.7 Å². The number of ether oxygens (including phenoxy) is 1. The first kappa shape index (κ1) is 15.8.